The lowest BCUT2D eigenvalue weighted by Crippen LogP contribution is -2.54. The zero-order valence-electron chi connectivity index (χ0n) is 16.0. The maximum Gasteiger partial charge on any atom is 0.251 e. The molecule has 2 aromatic heterocycles. The number of carbonyl (C=O) groups excluding carboxylic acids is 2. The van der Waals surface area contributed by atoms with Gasteiger partial charge < -0.3 is 10.2 Å². The third kappa shape index (κ3) is 3.30. The van der Waals surface area contributed by atoms with E-state index >= 15 is 0 Å². The molecular weight excluding hydrogens is 358 g/mol. The Hall–Kier alpha value is -3.03. The molecule has 2 amide bonds. The number of carbonyl (C=O) groups is 2. The Morgan fingerprint density at radius 2 is 2.04 bits per heavy atom. The summed E-state index contributed by atoms with van der Waals surface area (Å²) in [4.78, 5) is 47.9. The molecule has 1 N–H and O–H groups in total. The number of likely N-dealkylation sites (tertiary alicyclic amines) is 1. The van der Waals surface area contributed by atoms with Gasteiger partial charge >= 0.3 is 0 Å². The third-order valence-electron chi connectivity index (χ3n) is 5.64. The van der Waals surface area contributed by atoms with Crippen molar-refractivity contribution in [1.82, 2.24) is 24.8 Å². The average molecular weight is 381 g/mol. The molecule has 8 nitrogen and oxygen atoms in total. The van der Waals surface area contributed by atoms with Crippen LogP contribution in [0.2, 0.25) is 0 Å². The molecule has 0 spiro atoms. The van der Waals surface area contributed by atoms with Gasteiger partial charge in [-0.25, -0.2) is 0 Å². The van der Waals surface area contributed by atoms with Crippen molar-refractivity contribution in [3.05, 3.63) is 58.0 Å². The zero-order valence-corrected chi connectivity index (χ0v) is 16.0. The van der Waals surface area contributed by atoms with Crippen molar-refractivity contribution in [2.45, 2.75) is 38.8 Å². The lowest BCUT2D eigenvalue weighted by molar-refractivity contribution is -0.135. The second-order valence-electron chi connectivity index (χ2n) is 7.59. The lowest BCUT2D eigenvalue weighted by atomic mass is 9.78. The van der Waals surface area contributed by atoms with Gasteiger partial charge in [-0.3, -0.25) is 28.9 Å². The number of amides is 2. The highest BCUT2D eigenvalue weighted by molar-refractivity contribution is 5.81. The van der Waals surface area contributed by atoms with Crippen LogP contribution in [0.1, 0.15) is 42.4 Å². The number of rotatable bonds is 3. The molecule has 146 valence electrons. The fraction of sp³-hybridized carbons (Fsp3) is 0.450. The Kier molecular flexibility index (Phi) is 4.70. The van der Waals surface area contributed by atoms with Crippen LogP contribution < -0.4 is 10.9 Å². The fourth-order valence-electron chi connectivity index (χ4n) is 4.32. The summed E-state index contributed by atoms with van der Waals surface area (Å²) in [5.74, 6) is -0.260. The minimum atomic E-state index is -0.638. The van der Waals surface area contributed by atoms with E-state index in [1.54, 1.807) is 34.9 Å². The van der Waals surface area contributed by atoms with E-state index in [0.29, 0.717) is 18.8 Å². The molecule has 0 unspecified atom stereocenters. The summed E-state index contributed by atoms with van der Waals surface area (Å²) >= 11 is 0. The van der Waals surface area contributed by atoms with Crippen LogP contribution in [-0.2, 0) is 16.1 Å². The van der Waals surface area contributed by atoms with Gasteiger partial charge in [0.15, 0.2) is 0 Å². The zero-order chi connectivity index (χ0) is 19.8. The van der Waals surface area contributed by atoms with Gasteiger partial charge in [0.05, 0.1) is 24.1 Å². The van der Waals surface area contributed by atoms with E-state index in [-0.39, 0.29) is 35.8 Å². The van der Waals surface area contributed by atoms with Crippen molar-refractivity contribution >= 4 is 11.8 Å². The summed E-state index contributed by atoms with van der Waals surface area (Å²) in [5.41, 5.74) is 2.10. The van der Waals surface area contributed by atoms with Crippen molar-refractivity contribution in [1.29, 1.82) is 0 Å². The molecule has 1 fully saturated rings. The smallest absolute Gasteiger partial charge is 0.251 e. The van der Waals surface area contributed by atoms with E-state index in [0.717, 1.165) is 17.8 Å². The highest BCUT2D eigenvalue weighted by atomic mass is 16.2. The highest BCUT2D eigenvalue weighted by Gasteiger charge is 2.44. The molecule has 4 heterocycles. The van der Waals surface area contributed by atoms with Gasteiger partial charge in [0.25, 0.3) is 5.56 Å². The quantitative estimate of drug-likeness (QED) is 0.847. The molecule has 0 aliphatic carbocycles. The predicted octanol–water partition coefficient (Wildman–Crippen LogP) is 0.770. The maximum atomic E-state index is 13.1. The number of hydrogen-bond donors (Lipinski definition) is 1. The summed E-state index contributed by atoms with van der Waals surface area (Å²) in [5, 5.41) is 2.90. The Morgan fingerprint density at radius 1 is 1.21 bits per heavy atom. The topological polar surface area (TPSA) is 97.2 Å². The van der Waals surface area contributed by atoms with Crippen LogP contribution in [0, 0.1) is 12.8 Å². The normalized spacial score (nSPS) is 23.1. The van der Waals surface area contributed by atoms with E-state index in [1.807, 2.05) is 13.0 Å². The number of aromatic nitrogens is 3. The van der Waals surface area contributed by atoms with Crippen LogP contribution in [-0.4, -0.2) is 44.3 Å². The molecule has 2 aliphatic heterocycles. The number of hydrogen-bond acceptors (Lipinski definition) is 5. The van der Waals surface area contributed by atoms with Gasteiger partial charge in [-0.2, -0.15) is 0 Å². The Labute approximate surface area is 162 Å². The SMILES string of the molecule is CC(=O)N1C[C@H]2C[C@@H](C1)[C@H](C(=O)NCc1cnc(C)cn1)n1c2cccc1=O. The molecule has 0 radical (unpaired) electrons. The number of nitrogens with zero attached hydrogens (tertiary/aromatic N) is 4. The fourth-order valence-corrected chi connectivity index (χ4v) is 4.32. The second kappa shape index (κ2) is 7.18. The number of piperidine rings is 1. The van der Waals surface area contributed by atoms with Gasteiger partial charge in [-0.05, 0) is 19.4 Å². The predicted molar refractivity (Wildman–Crippen MR) is 101 cm³/mol. The number of aryl methyl sites for hydroxylation is 1. The van der Waals surface area contributed by atoms with Crippen molar-refractivity contribution in [2.24, 2.45) is 5.92 Å². The van der Waals surface area contributed by atoms with E-state index in [9.17, 15) is 14.4 Å². The Morgan fingerprint density at radius 3 is 2.75 bits per heavy atom. The van der Waals surface area contributed by atoms with Crippen LogP contribution in [0.4, 0.5) is 0 Å². The van der Waals surface area contributed by atoms with Gasteiger partial charge in [0, 0.05) is 49.8 Å². The van der Waals surface area contributed by atoms with Crippen LogP contribution in [0.15, 0.2) is 35.4 Å². The Balaban J connectivity index is 1.63. The molecule has 3 atom stereocenters. The van der Waals surface area contributed by atoms with Crippen molar-refractivity contribution in [3.63, 3.8) is 0 Å². The first-order valence-corrected chi connectivity index (χ1v) is 9.46. The van der Waals surface area contributed by atoms with E-state index in [2.05, 4.69) is 15.3 Å². The third-order valence-corrected chi connectivity index (χ3v) is 5.64. The first kappa shape index (κ1) is 18.3. The molecule has 2 bridgehead atoms. The van der Waals surface area contributed by atoms with E-state index < -0.39 is 6.04 Å². The second-order valence-corrected chi connectivity index (χ2v) is 7.59. The van der Waals surface area contributed by atoms with Crippen LogP contribution in [0.25, 0.3) is 0 Å². The molecule has 4 rings (SSSR count). The largest absolute Gasteiger partial charge is 0.349 e. The van der Waals surface area contributed by atoms with Gasteiger partial charge in [-0.15, -0.1) is 0 Å². The van der Waals surface area contributed by atoms with Crippen molar-refractivity contribution < 1.29 is 9.59 Å². The summed E-state index contributed by atoms with van der Waals surface area (Å²) in [6.07, 6.45) is 4.07. The number of nitrogens with one attached hydrogen (secondary N) is 1. The highest BCUT2D eigenvalue weighted by Crippen LogP contribution is 2.41. The summed E-state index contributed by atoms with van der Waals surface area (Å²) in [7, 11) is 0. The summed E-state index contributed by atoms with van der Waals surface area (Å²) in [6, 6.07) is 4.45. The summed E-state index contributed by atoms with van der Waals surface area (Å²) < 4.78 is 1.62. The van der Waals surface area contributed by atoms with Gasteiger partial charge in [0.1, 0.15) is 6.04 Å². The maximum absolute atomic E-state index is 13.1. The number of fused-ring (bicyclic) bond motifs is 4. The van der Waals surface area contributed by atoms with Crippen LogP contribution in [0.5, 0.6) is 0 Å². The van der Waals surface area contributed by atoms with Crippen LogP contribution >= 0.6 is 0 Å². The molecule has 28 heavy (non-hydrogen) atoms. The lowest BCUT2D eigenvalue weighted by Gasteiger charge is -2.46. The average Bonchev–Trinajstić information content (AvgIpc) is 2.68. The standard InChI is InChI=1S/C20H23N5O3/c1-12-7-22-16(8-21-12)9-23-20(28)19-15-6-14(10-24(11-15)13(2)26)17-4-3-5-18(27)25(17)19/h3-5,7-8,14-15,19H,6,9-11H2,1-2H3,(H,23,28)/t14-,15+,19-/m1/s1. The molecular formula is C20H23N5O3. The van der Waals surface area contributed by atoms with Gasteiger partial charge in [0.2, 0.25) is 11.8 Å². The minimum absolute atomic E-state index is 0.00415. The van der Waals surface area contributed by atoms with E-state index in [4.69, 9.17) is 0 Å². The molecule has 2 aliphatic rings. The Bertz CT molecular complexity index is 969. The van der Waals surface area contributed by atoms with Crippen molar-refractivity contribution in [2.75, 3.05) is 13.1 Å². The van der Waals surface area contributed by atoms with Crippen LogP contribution in [0.3, 0.4) is 0 Å². The monoisotopic (exact) mass is 381 g/mol. The van der Waals surface area contributed by atoms with Gasteiger partial charge in [-0.1, -0.05) is 6.07 Å². The molecule has 0 saturated carbocycles. The summed E-state index contributed by atoms with van der Waals surface area (Å²) in [6.45, 7) is 4.70. The number of pyridine rings is 1. The molecule has 1 saturated heterocycles. The molecule has 8 heteroatoms. The molecule has 0 aromatic carbocycles. The van der Waals surface area contributed by atoms with Crippen molar-refractivity contribution in [3.8, 4) is 0 Å². The first-order valence-electron chi connectivity index (χ1n) is 9.46. The first-order chi connectivity index (χ1) is 13.4. The van der Waals surface area contributed by atoms with E-state index in [1.165, 1.54) is 6.07 Å². The minimum Gasteiger partial charge on any atom is -0.349 e. The molecule has 2 aromatic rings.